The third kappa shape index (κ3) is 3.54. The van der Waals surface area contributed by atoms with E-state index in [9.17, 15) is 0 Å². The van der Waals surface area contributed by atoms with Gasteiger partial charge in [-0.3, -0.25) is 0 Å². The summed E-state index contributed by atoms with van der Waals surface area (Å²) in [6.07, 6.45) is 8.80. The average Bonchev–Trinajstić information content (AvgIpc) is 3.15. The fourth-order valence-corrected chi connectivity index (χ4v) is 4.11. The monoisotopic (exact) mass is 297 g/mol. The van der Waals surface area contributed by atoms with E-state index in [0.717, 1.165) is 29.7 Å². The topological polar surface area (TPSA) is 74.2 Å². The molecule has 3 rings (SSSR count). The van der Waals surface area contributed by atoms with Crippen molar-refractivity contribution in [1.82, 2.24) is 10.1 Å². The Morgan fingerprint density at radius 3 is 2.75 bits per heavy atom. The van der Waals surface area contributed by atoms with Gasteiger partial charge in [0.05, 0.1) is 11.9 Å². The molecule has 1 saturated heterocycles. The molecule has 2 heterocycles. The molecule has 20 heavy (non-hydrogen) atoms. The van der Waals surface area contributed by atoms with Crippen LogP contribution in [0.1, 0.15) is 62.8 Å². The molecule has 1 aromatic rings. The van der Waals surface area contributed by atoms with Crippen molar-refractivity contribution in [2.45, 2.75) is 68.2 Å². The third-order valence-corrected chi connectivity index (χ3v) is 5.50. The van der Waals surface area contributed by atoms with Crippen LogP contribution in [-0.2, 0) is 10.5 Å². The minimum absolute atomic E-state index is 0.0514. The van der Waals surface area contributed by atoms with Crippen molar-refractivity contribution < 1.29 is 9.26 Å². The molecular weight excluding hydrogens is 274 g/mol. The maximum Gasteiger partial charge on any atom is 0.255 e. The predicted molar refractivity (Wildman–Crippen MR) is 78.4 cm³/mol. The summed E-state index contributed by atoms with van der Waals surface area (Å²) in [6, 6.07) is 0. The quantitative estimate of drug-likeness (QED) is 0.901. The van der Waals surface area contributed by atoms with Crippen molar-refractivity contribution in [2.75, 3.05) is 6.54 Å². The Morgan fingerprint density at radius 2 is 2.00 bits per heavy atom. The Hall–Kier alpha value is -0.590. The van der Waals surface area contributed by atoms with Crippen molar-refractivity contribution in [3.63, 3.8) is 0 Å². The standard InChI is InChI=1S/C14H23N3O2S/c15-8-10-6-7-12(18-10)14-16-13(17-19-14)9-20-11-4-2-1-3-5-11/h10-12H,1-9,15H2. The SMILES string of the molecule is NCC1CCC(c2nc(CSC3CCCCC3)no2)O1. The molecule has 2 N–H and O–H groups in total. The van der Waals surface area contributed by atoms with Crippen LogP contribution in [-0.4, -0.2) is 28.0 Å². The van der Waals surface area contributed by atoms with Gasteiger partial charge in [-0.05, 0) is 25.7 Å². The van der Waals surface area contributed by atoms with Crippen LogP contribution in [0.2, 0.25) is 0 Å². The molecule has 1 saturated carbocycles. The number of rotatable bonds is 5. The van der Waals surface area contributed by atoms with Crippen molar-refractivity contribution in [2.24, 2.45) is 5.73 Å². The fraction of sp³-hybridized carbons (Fsp3) is 0.857. The smallest absolute Gasteiger partial charge is 0.255 e. The lowest BCUT2D eigenvalue weighted by molar-refractivity contribution is 0.0307. The van der Waals surface area contributed by atoms with Crippen LogP contribution in [0, 0.1) is 0 Å². The Morgan fingerprint density at radius 1 is 1.15 bits per heavy atom. The molecule has 2 atom stereocenters. The lowest BCUT2D eigenvalue weighted by Gasteiger charge is -2.19. The molecule has 1 aliphatic carbocycles. The van der Waals surface area contributed by atoms with Crippen LogP contribution in [0.5, 0.6) is 0 Å². The first-order valence-electron chi connectivity index (χ1n) is 7.65. The van der Waals surface area contributed by atoms with Gasteiger partial charge in [-0.25, -0.2) is 0 Å². The first-order valence-corrected chi connectivity index (χ1v) is 8.69. The van der Waals surface area contributed by atoms with Gasteiger partial charge in [0.25, 0.3) is 5.89 Å². The Labute approximate surface area is 124 Å². The molecule has 0 aromatic carbocycles. The molecule has 2 fully saturated rings. The zero-order valence-electron chi connectivity index (χ0n) is 11.8. The average molecular weight is 297 g/mol. The summed E-state index contributed by atoms with van der Waals surface area (Å²) in [5.41, 5.74) is 5.61. The molecule has 2 unspecified atom stereocenters. The van der Waals surface area contributed by atoms with E-state index in [1.165, 1.54) is 32.1 Å². The van der Waals surface area contributed by atoms with Gasteiger partial charge in [0.2, 0.25) is 0 Å². The van der Waals surface area contributed by atoms with E-state index in [2.05, 4.69) is 10.1 Å². The largest absolute Gasteiger partial charge is 0.364 e. The van der Waals surface area contributed by atoms with E-state index in [0.29, 0.717) is 12.4 Å². The Kier molecular flexibility index (Phi) is 4.96. The number of hydrogen-bond acceptors (Lipinski definition) is 6. The molecule has 1 aromatic heterocycles. The highest BCUT2D eigenvalue weighted by molar-refractivity contribution is 7.99. The number of ether oxygens (including phenoxy) is 1. The molecule has 0 bridgehead atoms. The number of nitrogens with zero attached hydrogens (tertiary/aromatic N) is 2. The zero-order valence-corrected chi connectivity index (χ0v) is 12.6. The number of hydrogen-bond donors (Lipinski definition) is 1. The summed E-state index contributed by atoms with van der Waals surface area (Å²) in [6.45, 7) is 0.565. The van der Waals surface area contributed by atoms with E-state index in [1.54, 1.807) is 0 Å². The summed E-state index contributed by atoms with van der Waals surface area (Å²) in [4.78, 5) is 4.48. The summed E-state index contributed by atoms with van der Waals surface area (Å²) in [5, 5.41) is 4.85. The summed E-state index contributed by atoms with van der Waals surface area (Å²) >= 11 is 1.97. The number of nitrogens with two attached hydrogens (primary N) is 1. The number of aromatic nitrogens is 2. The van der Waals surface area contributed by atoms with E-state index >= 15 is 0 Å². The zero-order chi connectivity index (χ0) is 13.8. The van der Waals surface area contributed by atoms with Gasteiger partial charge in [-0.2, -0.15) is 16.7 Å². The minimum atomic E-state index is -0.0514. The molecule has 0 amide bonds. The van der Waals surface area contributed by atoms with Gasteiger partial charge in [-0.1, -0.05) is 24.4 Å². The molecule has 112 valence electrons. The van der Waals surface area contributed by atoms with E-state index < -0.39 is 0 Å². The molecular formula is C14H23N3O2S. The highest BCUT2D eigenvalue weighted by Crippen LogP contribution is 2.33. The van der Waals surface area contributed by atoms with Crippen molar-refractivity contribution >= 4 is 11.8 Å². The maximum atomic E-state index is 5.78. The highest BCUT2D eigenvalue weighted by atomic mass is 32.2. The van der Waals surface area contributed by atoms with E-state index in [4.69, 9.17) is 15.0 Å². The van der Waals surface area contributed by atoms with Gasteiger partial charge >= 0.3 is 0 Å². The summed E-state index contributed by atoms with van der Waals surface area (Å²) < 4.78 is 11.1. The lowest BCUT2D eigenvalue weighted by Crippen LogP contribution is -2.18. The Balaban J connectivity index is 1.49. The van der Waals surface area contributed by atoms with Crippen molar-refractivity contribution in [1.29, 1.82) is 0 Å². The van der Waals surface area contributed by atoms with Gasteiger partial charge in [0.1, 0.15) is 6.10 Å². The van der Waals surface area contributed by atoms with E-state index in [-0.39, 0.29) is 12.2 Å². The minimum Gasteiger partial charge on any atom is -0.364 e. The highest BCUT2D eigenvalue weighted by Gasteiger charge is 2.30. The Bertz CT molecular complexity index is 420. The lowest BCUT2D eigenvalue weighted by atomic mass is 10.0. The van der Waals surface area contributed by atoms with Crippen LogP contribution in [0.25, 0.3) is 0 Å². The van der Waals surface area contributed by atoms with Crippen molar-refractivity contribution in [3.05, 3.63) is 11.7 Å². The second-order valence-electron chi connectivity index (χ2n) is 5.68. The second kappa shape index (κ2) is 6.91. The first kappa shape index (κ1) is 14.4. The molecule has 0 spiro atoms. The molecule has 0 radical (unpaired) electrons. The van der Waals surface area contributed by atoms with Crippen LogP contribution >= 0.6 is 11.8 Å². The third-order valence-electron chi connectivity index (χ3n) is 4.13. The first-order chi connectivity index (χ1) is 9.85. The molecule has 5 nitrogen and oxygen atoms in total. The van der Waals surface area contributed by atoms with Crippen LogP contribution in [0.15, 0.2) is 4.52 Å². The van der Waals surface area contributed by atoms with Crippen LogP contribution < -0.4 is 5.73 Å². The van der Waals surface area contributed by atoms with Gasteiger partial charge in [-0.15, -0.1) is 0 Å². The summed E-state index contributed by atoms with van der Waals surface area (Å²) in [7, 11) is 0. The van der Waals surface area contributed by atoms with Gasteiger partial charge in [0, 0.05) is 11.8 Å². The van der Waals surface area contributed by atoms with Crippen molar-refractivity contribution in [3.8, 4) is 0 Å². The molecule has 2 aliphatic rings. The van der Waals surface area contributed by atoms with E-state index in [1.807, 2.05) is 11.8 Å². The summed E-state index contributed by atoms with van der Waals surface area (Å²) in [5.74, 6) is 2.27. The fourth-order valence-electron chi connectivity index (χ4n) is 2.94. The van der Waals surface area contributed by atoms with Crippen LogP contribution in [0.3, 0.4) is 0 Å². The maximum absolute atomic E-state index is 5.78. The van der Waals surface area contributed by atoms with Crippen LogP contribution in [0.4, 0.5) is 0 Å². The molecule has 1 aliphatic heterocycles. The van der Waals surface area contributed by atoms with Gasteiger partial charge < -0.3 is 15.0 Å². The second-order valence-corrected chi connectivity index (χ2v) is 6.97. The van der Waals surface area contributed by atoms with Gasteiger partial charge in [0.15, 0.2) is 5.82 Å². The predicted octanol–water partition coefficient (Wildman–Crippen LogP) is 2.81. The number of thioether (sulfide) groups is 1. The molecule has 6 heteroatoms. The normalized spacial score (nSPS) is 28.1.